The van der Waals surface area contributed by atoms with Gasteiger partial charge in [0.25, 0.3) is 5.91 Å². The van der Waals surface area contributed by atoms with Crippen molar-refractivity contribution in [3.63, 3.8) is 0 Å². The SMILES string of the molecule is CCc1nnc(C)cc1C(=O)N1CCc2ccc(N)cc21. The average Bonchev–Trinajstić information content (AvgIpc) is 2.89. The zero-order valence-electron chi connectivity index (χ0n) is 12.3. The normalized spacial score (nSPS) is 13.3. The van der Waals surface area contributed by atoms with E-state index >= 15 is 0 Å². The van der Waals surface area contributed by atoms with Crippen molar-refractivity contribution in [1.82, 2.24) is 10.2 Å². The second-order valence-electron chi connectivity index (χ2n) is 5.29. The van der Waals surface area contributed by atoms with Gasteiger partial charge >= 0.3 is 0 Å². The number of nitrogen functional groups attached to an aromatic ring is 1. The molecule has 1 amide bonds. The zero-order valence-corrected chi connectivity index (χ0v) is 12.3. The van der Waals surface area contributed by atoms with E-state index in [1.54, 1.807) is 4.90 Å². The Labute approximate surface area is 123 Å². The molecule has 5 nitrogen and oxygen atoms in total. The molecule has 2 aromatic rings. The minimum atomic E-state index is -0.0193. The van der Waals surface area contributed by atoms with Crippen LogP contribution < -0.4 is 10.6 Å². The molecule has 21 heavy (non-hydrogen) atoms. The minimum Gasteiger partial charge on any atom is -0.399 e. The van der Waals surface area contributed by atoms with Gasteiger partial charge in [-0.2, -0.15) is 10.2 Å². The van der Waals surface area contributed by atoms with Gasteiger partial charge in [0, 0.05) is 17.9 Å². The fourth-order valence-corrected chi connectivity index (χ4v) is 2.71. The lowest BCUT2D eigenvalue weighted by Crippen LogP contribution is -2.30. The predicted octanol–water partition coefficient (Wildman–Crippen LogP) is 2.13. The molecule has 0 saturated carbocycles. The molecule has 0 radical (unpaired) electrons. The first-order chi connectivity index (χ1) is 10.1. The minimum absolute atomic E-state index is 0.0193. The third-order valence-corrected chi connectivity index (χ3v) is 3.81. The van der Waals surface area contributed by atoms with Gasteiger partial charge < -0.3 is 10.6 Å². The molecule has 5 heteroatoms. The molecule has 0 fully saturated rings. The topological polar surface area (TPSA) is 72.1 Å². The van der Waals surface area contributed by atoms with Crippen LogP contribution in [0.2, 0.25) is 0 Å². The van der Waals surface area contributed by atoms with Gasteiger partial charge in [0.1, 0.15) is 0 Å². The highest BCUT2D eigenvalue weighted by Crippen LogP contribution is 2.31. The van der Waals surface area contributed by atoms with E-state index < -0.39 is 0 Å². The van der Waals surface area contributed by atoms with Gasteiger partial charge in [-0.1, -0.05) is 13.0 Å². The number of amides is 1. The summed E-state index contributed by atoms with van der Waals surface area (Å²) in [6.07, 6.45) is 1.55. The second-order valence-corrected chi connectivity index (χ2v) is 5.29. The molecule has 1 aromatic carbocycles. The molecule has 1 aromatic heterocycles. The largest absolute Gasteiger partial charge is 0.399 e. The summed E-state index contributed by atoms with van der Waals surface area (Å²) in [5.41, 5.74) is 10.7. The van der Waals surface area contributed by atoms with Crippen molar-refractivity contribution in [2.24, 2.45) is 0 Å². The lowest BCUT2D eigenvalue weighted by molar-refractivity contribution is 0.0987. The molecule has 0 spiro atoms. The highest BCUT2D eigenvalue weighted by atomic mass is 16.2. The third kappa shape index (κ3) is 2.35. The molecule has 1 aliphatic heterocycles. The number of hydrogen-bond acceptors (Lipinski definition) is 4. The van der Waals surface area contributed by atoms with Crippen LogP contribution in [0, 0.1) is 6.92 Å². The molecule has 108 valence electrons. The van der Waals surface area contributed by atoms with Crippen LogP contribution >= 0.6 is 0 Å². The molecule has 0 atom stereocenters. The van der Waals surface area contributed by atoms with Crippen LogP contribution in [-0.2, 0) is 12.8 Å². The quantitative estimate of drug-likeness (QED) is 0.856. The molecule has 0 bridgehead atoms. The number of carbonyl (C=O) groups excluding carboxylic acids is 1. The van der Waals surface area contributed by atoms with Crippen molar-refractivity contribution < 1.29 is 4.79 Å². The Balaban J connectivity index is 2.02. The van der Waals surface area contributed by atoms with Crippen molar-refractivity contribution in [3.8, 4) is 0 Å². The number of rotatable bonds is 2. The van der Waals surface area contributed by atoms with Gasteiger partial charge in [-0.3, -0.25) is 4.79 Å². The molecule has 0 unspecified atom stereocenters. The molecule has 0 saturated heterocycles. The van der Waals surface area contributed by atoms with E-state index in [1.807, 2.05) is 38.1 Å². The smallest absolute Gasteiger partial charge is 0.260 e. The van der Waals surface area contributed by atoms with Gasteiger partial charge in [-0.25, -0.2) is 0 Å². The Morgan fingerprint density at radius 3 is 2.90 bits per heavy atom. The fourth-order valence-electron chi connectivity index (χ4n) is 2.71. The number of nitrogens with two attached hydrogens (primary N) is 1. The van der Waals surface area contributed by atoms with E-state index in [1.165, 1.54) is 0 Å². The van der Waals surface area contributed by atoms with Gasteiger partial charge in [0.2, 0.25) is 0 Å². The summed E-state index contributed by atoms with van der Waals surface area (Å²) >= 11 is 0. The number of aryl methyl sites for hydroxylation is 2. The van der Waals surface area contributed by atoms with Gasteiger partial charge in [0.05, 0.1) is 17.0 Å². The van der Waals surface area contributed by atoms with Crippen LogP contribution in [-0.4, -0.2) is 22.6 Å². The summed E-state index contributed by atoms with van der Waals surface area (Å²) in [5, 5.41) is 8.18. The van der Waals surface area contributed by atoms with Crippen LogP contribution in [0.5, 0.6) is 0 Å². The Morgan fingerprint density at radius 2 is 2.14 bits per heavy atom. The lowest BCUT2D eigenvalue weighted by atomic mass is 10.1. The van der Waals surface area contributed by atoms with Crippen LogP contribution in [0.15, 0.2) is 24.3 Å². The molecular weight excluding hydrogens is 264 g/mol. The highest BCUT2D eigenvalue weighted by molar-refractivity contribution is 6.08. The molecule has 3 rings (SSSR count). The third-order valence-electron chi connectivity index (χ3n) is 3.81. The van der Waals surface area contributed by atoms with E-state index in [4.69, 9.17) is 5.73 Å². The fraction of sp³-hybridized carbons (Fsp3) is 0.312. The summed E-state index contributed by atoms with van der Waals surface area (Å²) in [7, 11) is 0. The van der Waals surface area contributed by atoms with Crippen molar-refractivity contribution in [3.05, 3.63) is 46.8 Å². The Hall–Kier alpha value is -2.43. The molecular formula is C16H18N4O. The van der Waals surface area contributed by atoms with E-state index in [0.29, 0.717) is 24.2 Å². The lowest BCUT2D eigenvalue weighted by Gasteiger charge is -2.19. The van der Waals surface area contributed by atoms with Crippen molar-refractivity contribution in [2.75, 3.05) is 17.2 Å². The number of carbonyl (C=O) groups is 1. The standard InChI is InChI=1S/C16H18N4O/c1-3-14-13(8-10(2)18-19-14)16(21)20-7-6-11-4-5-12(17)9-15(11)20/h4-5,8-9H,3,6-7,17H2,1-2H3. The number of anilines is 2. The maximum Gasteiger partial charge on any atom is 0.260 e. The van der Waals surface area contributed by atoms with E-state index in [-0.39, 0.29) is 5.91 Å². The summed E-state index contributed by atoms with van der Waals surface area (Å²) in [6, 6.07) is 7.56. The first kappa shape index (κ1) is 13.5. The monoisotopic (exact) mass is 282 g/mol. The number of fused-ring (bicyclic) bond motifs is 1. The van der Waals surface area contributed by atoms with Gasteiger partial charge in [-0.05, 0) is 43.5 Å². The number of benzene rings is 1. The zero-order chi connectivity index (χ0) is 15.0. The molecule has 2 N–H and O–H groups in total. The summed E-state index contributed by atoms with van der Waals surface area (Å²) in [4.78, 5) is 14.7. The number of hydrogen-bond donors (Lipinski definition) is 1. The number of nitrogens with zero attached hydrogens (tertiary/aromatic N) is 3. The van der Waals surface area contributed by atoms with Crippen molar-refractivity contribution >= 4 is 17.3 Å². The van der Waals surface area contributed by atoms with Gasteiger partial charge in [-0.15, -0.1) is 0 Å². The van der Waals surface area contributed by atoms with E-state index in [2.05, 4.69) is 10.2 Å². The Morgan fingerprint density at radius 1 is 1.33 bits per heavy atom. The summed E-state index contributed by atoms with van der Waals surface area (Å²) in [5.74, 6) is -0.0193. The molecule has 0 aliphatic carbocycles. The van der Waals surface area contributed by atoms with Crippen LogP contribution in [0.4, 0.5) is 11.4 Å². The first-order valence-electron chi connectivity index (χ1n) is 7.13. The van der Waals surface area contributed by atoms with Crippen LogP contribution in [0.25, 0.3) is 0 Å². The maximum atomic E-state index is 12.9. The second kappa shape index (κ2) is 5.16. The predicted molar refractivity (Wildman–Crippen MR) is 82.4 cm³/mol. The number of aromatic nitrogens is 2. The Kier molecular flexibility index (Phi) is 3.33. The van der Waals surface area contributed by atoms with Crippen LogP contribution in [0.3, 0.4) is 0 Å². The first-order valence-corrected chi connectivity index (χ1v) is 7.13. The van der Waals surface area contributed by atoms with Gasteiger partial charge in [0.15, 0.2) is 0 Å². The maximum absolute atomic E-state index is 12.9. The van der Waals surface area contributed by atoms with Crippen molar-refractivity contribution in [2.45, 2.75) is 26.7 Å². The van der Waals surface area contributed by atoms with Crippen LogP contribution in [0.1, 0.15) is 34.2 Å². The van der Waals surface area contributed by atoms with Crippen molar-refractivity contribution in [1.29, 1.82) is 0 Å². The molecule has 2 heterocycles. The molecule has 1 aliphatic rings. The summed E-state index contributed by atoms with van der Waals surface area (Å²) in [6.45, 7) is 4.51. The average molecular weight is 282 g/mol. The van der Waals surface area contributed by atoms with E-state index in [0.717, 1.165) is 29.1 Å². The Bertz CT molecular complexity index is 711. The summed E-state index contributed by atoms with van der Waals surface area (Å²) < 4.78 is 0. The highest BCUT2D eigenvalue weighted by Gasteiger charge is 2.27. The van der Waals surface area contributed by atoms with E-state index in [9.17, 15) is 4.79 Å².